The van der Waals surface area contributed by atoms with E-state index in [1.54, 1.807) is 15.0 Å². The second-order valence-electron chi connectivity index (χ2n) is 7.84. The molecule has 4 aromatic heterocycles. The van der Waals surface area contributed by atoms with Gasteiger partial charge in [0, 0.05) is 18.8 Å². The molecule has 1 unspecified atom stereocenters. The van der Waals surface area contributed by atoms with Crippen LogP contribution in [0.2, 0.25) is 0 Å². The highest BCUT2D eigenvalue weighted by molar-refractivity contribution is 5.28. The number of anilines is 6. The molecule has 1 atom stereocenters. The number of H-pyrrole nitrogens is 3. The van der Waals surface area contributed by atoms with E-state index >= 15 is 0 Å². The lowest BCUT2D eigenvalue weighted by Crippen LogP contribution is -2.34. The third-order valence-electron chi connectivity index (χ3n) is 4.84. The molecule has 21 heteroatoms. The quantitative estimate of drug-likeness (QED) is 0.103. The van der Waals surface area contributed by atoms with Crippen molar-refractivity contribution in [3.05, 3.63) is 48.9 Å². The maximum Gasteiger partial charge on any atom is 0.330 e. The molecule has 0 aromatic carbocycles. The number of aromatic amines is 3. The topological polar surface area (TPSA) is 371 Å². The predicted octanol–water partition coefficient (Wildman–Crippen LogP) is -3.77. The van der Waals surface area contributed by atoms with E-state index in [-0.39, 0.29) is 41.6 Å². The van der Waals surface area contributed by atoms with E-state index in [1.165, 1.54) is 0 Å². The first-order valence-electron chi connectivity index (χ1n) is 11.2. The SMILES string of the molecule is Nc1nc(N)nc(CCCC(CCc2nc(N)nc(N)n2)c2nc(N)nc(N)n2)n1.O=c1[nH]c(=O)[nH]c(=O)[nH]1. The minimum Gasteiger partial charge on any atom is -0.368 e. The van der Waals surface area contributed by atoms with E-state index in [0.717, 1.165) is 0 Å². The van der Waals surface area contributed by atoms with Gasteiger partial charge in [0.1, 0.15) is 17.5 Å². The average molecular weight is 543 g/mol. The standard InChI is InChI=1S/C15H23N15.C3H3N3O3/c16-10-22-7(23-11(17)28-10)3-1-2-6(9-26-14(20)30-15(21)27-9)4-5-8-24-12(18)29-13(19)25-8;7-1-4-2(8)6-3(9)5-1/h6H,1-5H2,(H4,16,17,22,23,28)(H4,18,19,24,25,29)(H4,20,21,26,27,30);(H3,4,5,6,7,8,9). The van der Waals surface area contributed by atoms with Gasteiger partial charge in [0.15, 0.2) is 0 Å². The molecule has 0 saturated carbocycles. The van der Waals surface area contributed by atoms with E-state index in [0.29, 0.717) is 49.6 Å². The van der Waals surface area contributed by atoms with Crippen molar-refractivity contribution in [2.45, 2.75) is 38.0 Å². The zero-order valence-corrected chi connectivity index (χ0v) is 20.3. The number of nitrogens with two attached hydrogens (primary N) is 6. The third kappa shape index (κ3) is 9.00. The summed E-state index contributed by atoms with van der Waals surface area (Å²) in [7, 11) is 0. The van der Waals surface area contributed by atoms with Crippen LogP contribution in [0.25, 0.3) is 0 Å². The third-order valence-corrected chi connectivity index (χ3v) is 4.84. The van der Waals surface area contributed by atoms with Gasteiger partial charge in [-0.1, -0.05) is 0 Å². The highest BCUT2D eigenvalue weighted by Gasteiger charge is 2.18. The molecule has 0 spiro atoms. The molecule has 21 nitrogen and oxygen atoms in total. The lowest BCUT2D eigenvalue weighted by Gasteiger charge is -2.16. The second-order valence-corrected chi connectivity index (χ2v) is 7.84. The van der Waals surface area contributed by atoms with Crippen LogP contribution < -0.4 is 51.5 Å². The predicted molar refractivity (Wildman–Crippen MR) is 138 cm³/mol. The summed E-state index contributed by atoms with van der Waals surface area (Å²) in [6, 6.07) is 0. The van der Waals surface area contributed by atoms with Crippen LogP contribution in [-0.4, -0.2) is 59.8 Å². The van der Waals surface area contributed by atoms with E-state index in [9.17, 15) is 14.4 Å². The summed E-state index contributed by atoms with van der Waals surface area (Å²) in [6.07, 6.45) is 2.96. The van der Waals surface area contributed by atoms with Crippen molar-refractivity contribution in [1.29, 1.82) is 0 Å². The van der Waals surface area contributed by atoms with E-state index < -0.39 is 17.1 Å². The molecule has 0 saturated heterocycles. The number of nitrogens with zero attached hydrogens (tertiary/aromatic N) is 9. The molecular weight excluding hydrogens is 516 g/mol. The number of aryl methyl sites for hydroxylation is 2. The number of hydrogen-bond acceptors (Lipinski definition) is 18. The van der Waals surface area contributed by atoms with Crippen LogP contribution in [0.4, 0.5) is 35.7 Å². The minimum absolute atomic E-state index is 0.0502. The minimum atomic E-state index is -0.802. The van der Waals surface area contributed by atoms with E-state index in [2.05, 4.69) is 44.9 Å². The molecule has 0 amide bonds. The molecule has 39 heavy (non-hydrogen) atoms. The first kappa shape index (κ1) is 27.8. The van der Waals surface area contributed by atoms with Crippen molar-refractivity contribution in [3.8, 4) is 0 Å². The van der Waals surface area contributed by atoms with E-state index in [1.807, 2.05) is 0 Å². The van der Waals surface area contributed by atoms with Crippen LogP contribution in [0.15, 0.2) is 14.4 Å². The Morgan fingerprint density at radius 3 is 1.26 bits per heavy atom. The molecule has 4 aromatic rings. The van der Waals surface area contributed by atoms with Crippen LogP contribution in [0.5, 0.6) is 0 Å². The Morgan fingerprint density at radius 1 is 0.487 bits per heavy atom. The van der Waals surface area contributed by atoms with Gasteiger partial charge in [-0.05, 0) is 19.3 Å². The summed E-state index contributed by atoms with van der Waals surface area (Å²) in [5, 5.41) is 0. The Labute approximate surface area is 217 Å². The van der Waals surface area contributed by atoms with Crippen molar-refractivity contribution in [1.82, 2.24) is 59.8 Å². The highest BCUT2D eigenvalue weighted by atomic mass is 16.2. The van der Waals surface area contributed by atoms with Gasteiger partial charge < -0.3 is 34.4 Å². The first-order valence-corrected chi connectivity index (χ1v) is 11.2. The smallest absolute Gasteiger partial charge is 0.330 e. The van der Waals surface area contributed by atoms with Crippen LogP contribution in [-0.2, 0) is 12.8 Å². The Hall–Kier alpha value is -5.76. The molecule has 0 fully saturated rings. The van der Waals surface area contributed by atoms with Gasteiger partial charge in [0.2, 0.25) is 35.7 Å². The molecule has 0 aliphatic carbocycles. The van der Waals surface area contributed by atoms with Gasteiger partial charge in [0.25, 0.3) is 0 Å². The molecule has 0 aliphatic heterocycles. The largest absolute Gasteiger partial charge is 0.368 e. The van der Waals surface area contributed by atoms with Crippen molar-refractivity contribution in [2.24, 2.45) is 0 Å². The van der Waals surface area contributed by atoms with Gasteiger partial charge in [-0.15, -0.1) is 0 Å². The van der Waals surface area contributed by atoms with Gasteiger partial charge in [0.05, 0.1) is 0 Å². The lowest BCUT2D eigenvalue weighted by molar-refractivity contribution is 0.516. The summed E-state index contributed by atoms with van der Waals surface area (Å²) in [6.45, 7) is 0. The molecule has 0 aliphatic rings. The fourth-order valence-corrected chi connectivity index (χ4v) is 3.36. The molecule has 4 heterocycles. The van der Waals surface area contributed by atoms with Crippen molar-refractivity contribution in [3.63, 3.8) is 0 Å². The Kier molecular flexibility index (Phi) is 8.89. The molecule has 0 radical (unpaired) electrons. The lowest BCUT2D eigenvalue weighted by atomic mass is 9.95. The first-order chi connectivity index (χ1) is 18.5. The zero-order chi connectivity index (χ0) is 28.5. The Morgan fingerprint density at radius 2 is 0.846 bits per heavy atom. The summed E-state index contributed by atoms with van der Waals surface area (Å²) in [5.74, 6) is 1.72. The summed E-state index contributed by atoms with van der Waals surface area (Å²) < 4.78 is 0. The van der Waals surface area contributed by atoms with Crippen molar-refractivity contribution < 1.29 is 0 Å². The van der Waals surface area contributed by atoms with Crippen LogP contribution in [0.1, 0.15) is 42.7 Å². The number of rotatable bonds is 8. The number of nitrogen functional groups attached to an aromatic ring is 6. The molecule has 0 bridgehead atoms. The van der Waals surface area contributed by atoms with Gasteiger partial charge in [-0.2, -0.15) is 44.9 Å². The number of hydrogen-bond donors (Lipinski definition) is 9. The number of nitrogens with one attached hydrogen (secondary N) is 3. The van der Waals surface area contributed by atoms with Crippen molar-refractivity contribution >= 4 is 35.7 Å². The normalized spacial score (nSPS) is 11.4. The molecule has 4 rings (SSSR count). The van der Waals surface area contributed by atoms with Gasteiger partial charge in [-0.25, -0.2) is 14.4 Å². The van der Waals surface area contributed by atoms with E-state index in [4.69, 9.17) is 34.4 Å². The maximum absolute atomic E-state index is 10.2. The van der Waals surface area contributed by atoms with Crippen LogP contribution >= 0.6 is 0 Å². The average Bonchev–Trinajstić information content (AvgIpc) is 2.79. The highest BCUT2D eigenvalue weighted by Crippen LogP contribution is 2.25. The zero-order valence-electron chi connectivity index (χ0n) is 20.3. The summed E-state index contributed by atoms with van der Waals surface area (Å²) in [5.41, 5.74) is 31.6. The van der Waals surface area contributed by atoms with Crippen molar-refractivity contribution in [2.75, 3.05) is 34.4 Å². The second kappa shape index (κ2) is 12.5. The van der Waals surface area contributed by atoms with Crippen LogP contribution in [0.3, 0.4) is 0 Å². The fourth-order valence-electron chi connectivity index (χ4n) is 3.36. The van der Waals surface area contributed by atoms with Gasteiger partial charge >= 0.3 is 17.1 Å². The fraction of sp³-hybridized carbons (Fsp3) is 0.333. The molecule has 206 valence electrons. The molecular formula is C18H26N18O3. The summed E-state index contributed by atoms with van der Waals surface area (Å²) >= 11 is 0. The number of aromatic nitrogens is 12. The Balaban J connectivity index is 0.000000395. The van der Waals surface area contributed by atoms with Crippen LogP contribution in [0, 0.1) is 0 Å². The summed E-state index contributed by atoms with van der Waals surface area (Å²) in [4.78, 5) is 72.1. The van der Waals surface area contributed by atoms with Gasteiger partial charge in [-0.3, -0.25) is 15.0 Å². The molecule has 15 N–H and O–H groups in total. The monoisotopic (exact) mass is 542 g/mol. The Bertz CT molecular complexity index is 1460. The maximum atomic E-state index is 10.2.